The SMILES string of the molecule is CC(C)CNC(=O)c1c2c(nc3ccccc13)C(=Cc1ccco1)CC2. The normalized spacial score (nSPS) is 15.0. The number of rotatable bonds is 4. The van der Waals surface area contributed by atoms with E-state index in [9.17, 15) is 4.79 Å². The Morgan fingerprint density at radius 3 is 2.85 bits per heavy atom. The van der Waals surface area contributed by atoms with Crippen molar-refractivity contribution >= 4 is 28.5 Å². The van der Waals surface area contributed by atoms with E-state index in [1.807, 2.05) is 42.5 Å². The lowest BCUT2D eigenvalue weighted by Gasteiger charge is -2.14. The highest BCUT2D eigenvalue weighted by atomic mass is 16.3. The Morgan fingerprint density at radius 2 is 2.08 bits per heavy atom. The van der Waals surface area contributed by atoms with Gasteiger partial charge in [-0.15, -0.1) is 0 Å². The third kappa shape index (κ3) is 3.03. The molecule has 2 aromatic heterocycles. The van der Waals surface area contributed by atoms with Crippen LogP contribution in [0.25, 0.3) is 22.6 Å². The molecule has 4 nitrogen and oxygen atoms in total. The van der Waals surface area contributed by atoms with Crippen LogP contribution in [0.2, 0.25) is 0 Å². The molecule has 4 rings (SSSR count). The predicted molar refractivity (Wildman–Crippen MR) is 104 cm³/mol. The number of nitrogens with one attached hydrogen (secondary N) is 1. The van der Waals surface area contributed by atoms with E-state index in [2.05, 4.69) is 19.2 Å². The lowest BCUT2D eigenvalue weighted by Crippen LogP contribution is -2.28. The molecule has 3 aromatic rings. The van der Waals surface area contributed by atoms with E-state index in [-0.39, 0.29) is 5.91 Å². The largest absolute Gasteiger partial charge is 0.465 e. The molecule has 132 valence electrons. The summed E-state index contributed by atoms with van der Waals surface area (Å²) in [4.78, 5) is 17.8. The number of aromatic nitrogens is 1. The van der Waals surface area contributed by atoms with Crippen LogP contribution in [0.15, 0.2) is 47.1 Å². The molecular weight excluding hydrogens is 324 g/mol. The number of allylic oxidation sites excluding steroid dienone is 1. The lowest BCUT2D eigenvalue weighted by molar-refractivity contribution is 0.0949. The van der Waals surface area contributed by atoms with Gasteiger partial charge >= 0.3 is 0 Å². The summed E-state index contributed by atoms with van der Waals surface area (Å²) >= 11 is 0. The average molecular weight is 346 g/mol. The van der Waals surface area contributed by atoms with Gasteiger partial charge in [-0.3, -0.25) is 4.79 Å². The second-order valence-electron chi connectivity index (χ2n) is 7.12. The summed E-state index contributed by atoms with van der Waals surface area (Å²) in [6.45, 7) is 4.86. The number of hydrogen-bond acceptors (Lipinski definition) is 3. The molecular formula is C22H22N2O2. The van der Waals surface area contributed by atoms with E-state index in [4.69, 9.17) is 9.40 Å². The quantitative estimate of drug-likeness (QED) is 0.745. The smallest absolute Gasteiger partial charge is 0.252 e. The molecule has 0 radical (unpaired) electrons. The monoisotopic (exact) mass is 346 g/mol. The first-order valence-electron chi connectivity index (χ1n) is 9.07. The molecule has 1 amide bonds. The van der Waals surface area contributed by atoms with Gasteiger partial charge in [0, 0.05) is 11.9 Å². The first-order chi connectivity index (χ1) is 12.6. The number of benzene rings is 1. The Balaban J connectivity index is 1.85. The van der Waals surface area contributed by atoms with Gasteiger partial charge < -0.3 is 9.73 Å². The molecule has 0 bridgehead atoms. The number of pyridine rings is 1. The van der Waals surface area contributed by atoms with Gasteiger partial charge in [0.1, 0.15) is 5.76 Å². The van der Waals surface area contributed by atoms with Crippen LogP contribution >= 0.6 is 0 Å². The molecule has 26 heavy (non-hydrogen) atoms. The average Bonchev–Trinajstić information content (AvgIpc) is 3.28. The first kappa shape index (κ1) is 16.6. The van der Waals surface area contributed by atoms with Crippen molar-refractivity contribution in [1.82, 2.24) is 10.3 Å². The van der Waals surface area contributed by atoms with E-state index in [0.717, 1.165) is 51.9 Å². The lowest BCUT2D eigenvalue weighted by atomic mass is 10.00. The van der Waals surface area contributed by atoms with E-state index < -0.39 is 0 Å². The van der Waals surface area contributed by atoms with Gasteiger partial charge in [-0.1, -0.05) is 32.0 Å². The number of fused-ring (bicyclic) bond motifs is 2. The van der Waals surface area contributed by atoms with Crippen LogP contribution < -0.4 is 5.32 Å². The summed E-state index contributed by atoms with van der Waals surface area (Å²) in [7, 11) is 0. The van der Waals surface area contributed by atoms with Gasteiger partial charge in [0.15, 0.2) is 0 Å². The second kappa shape index (κ2) is 6.79. The summed E-state index contributed by atoms with van der Waals surface area (Å²) in [5.74, 6) is 1.22. The van der Waals surface area contributed by atoms with Crippen molar-refractivity contribution in [3.63, 3.8) is 0 Å². The maximum atomic E-state index is 13.0. The Bertz CT molecular complexity index is 985. The third-order valence-corrected chi connectivity index (χ3v) is 4.70. The molecule has 0 aliphatic heterocycles. The minimum absolute atomic E-state index is 0.00667. The number of carbonyl (C=O) groups excluding carboxylic acids is 1. The number of furan rings is 1. The van der Waals surface area contributed by atoms with Crippen LogP contribution in [0.4, 0.5) is 0 Å². The summed E-state index contributed by atoms with van der Waals surface area (Å²) in [6.07, 6.45) is 5.39. The van der Waals surface area contributed by atoms with Crippen LogP contribution in [0.3, 0.4) is 0 Å². The summed E-state index contributed by atoms with van der Waals surface area (Å²) < 4.78 is 5.46. The Kier molecular flexibility index (Phi) is 4.33. The highest BCUT2D eigenvalue weighted by Crippen LogP contribution is 2.37. The molecule has 0 saturated heterocycles. The minimum atomic E-state index is -0.00667. The van der Waals surface area contributed by atoms with Crippen molar-refractivity contribution in [2.45, 2.75) is 26.7 Å². The number of nitrogens with zero attached hydrogens (tertiary/aromatic N) is 1. The molecule has 0 unspecified atom stereocenters. The molecule has 0 saturated carbocycles. The maximum Gasteiger partial charge on any atom is 0.252 e. The zero-order chi connectivity index (χ0) is 18.1. The fourth-order valence-corrected chi connectivity index (χ4v) is 3.47. The van der Waals surface area contributed by atoms with Crippen molar-refractivity contribution < 1.29 is 9.21 Å². The molecule has 0 fully saturated rings. The van der Waals surface area contributed by atoms with Crippen LogP contribution in [-0.2, 0) is 6.42 Å². The second-order valence-corrected chi connectivity index (χ2v) is 7.12. The third-order valence-electron chi connectivity index (χ3n) is 4.70. The van der Waals surface area contributed by atoms with Gasteiger partial charge in [-0.2, -0.15) is 0 Å². The first-order valence-corrected chi connectivity index (χ1v) is 9.07. The minimum Gasteiger partial charge on any atom is -0.465 e. The van der Waals surface area contributed by atoms with Crippen molar-refractivity contribution in [3.8, 4) is 0 Å². The van der Waals surface area contributed by atoms with Gasteiger partial charge in [0.2, 0.25) is 0 Å². The van der Waals surface area contributed by atoms with E-state index in [1.54, 1.807) is 6.26 Å². The van der Waals surface area contributed by atoms with Gasteiger partial charge in [-0.25, -0.2) is 4.98 Å². The van der Waals surface area contributed by atoms with Crippen molar-refractivity contribution in [3.05, 3.63) is 65.2 Å². The van der Waals surface area contributed by atoms with Gasteiger partial charge in [-0.05, 0) is 54.2 Å². The number of carbonyl (C=O) groups is 1. The number of para-hydroxylation sites is 1. The van der Waals surface area contributed by atoms with Crippen LogP contribution in [0.1, 0.15) is 47.6 Å². The summed E-state index contributed by atoms with van der Waals surface area (Å²) in [5.41, 5.74) is 4.72. The van der Waals surface area contributed by atoms with Crippen molar-refractivity contribution in [1.29, 1.82) is 0 Å². The Morgan fingerprint density at radius 1 is 1.23 bits per heavy atom. The zero-order valence-electron chi connectivity index (χ0n) is 15.1. The van der Waals surface area contributed by atoms with Gasteiger partial charge in [0.25, 0.3) is 5.91 Å². The summed E-state index contributed by atoms with van der Waals surface area (Å²) in [6, 6.07) is 11.7. The fraction of sp³-hybridized carbons (Fsp3) is 0.273. The van der Waals surface area contributed by atoms with Gasteiger partial charge in [0.05, 0.1) is 23.0 Å². The fourth-order valence-electron chi connectivity index (χ4n) is 3.47. The molecule has 2 heterocycles. The van der Waals surface area contributed by atoms with Crippen LogP contribution in [0, 0.1) is 5.92 Å². The molecule has 1 N–H and O–H groups in total. The highest BCUT2D eigenvalue weighted by Gasteiger charge is 2.26. The molecule has 1 aromatic carbocycles. The maximum absolute atomic E-state index is 13.0. The molecule has 0 atom stereocenters. The van der Waals surface area contributed by atoms with Crippen molar-refractivity contribution in [2.75, 3.05) is 6.54 Å². The number of hydrogen-bond donors (Lipinski definition) is 1. The highest BCUT2D eigenvalue weighted by molar-refractivity contribution is 6.09. The van der Waals surface area contributed by atoms with E-state index >= 15 is 0 Å². The molecule has 4 heteroatoms. The molecule has 1 aliphatic rings. The summed E-state index contributed by atoms with van der Waals surface area (Å²) in [5, 5.41) is 4.00. The zero-order valence-corrected chi connectivity index (χ0v) is 15.1. The molecule has 0 spiro atoms. The van der Waals surface area contributed by atoms with Crippen molar-refractivity contribution in [2.24, 2.45) is 5.92 Å². The van der Waals surface area contributed by atoms with Crippen LogP contribution in [-0.4, -0.2) is 17.4 Å². The van der Waals surface area contributed by atoms with Crippen LogP contribution in [0.5, 0.6) is 0 Å². The topological polar surface area (TPSA) is 55.1 Å². The standard InChI is InChI=1S/C22H22N2O2/c1-14(2)13-23-22(25)20-17-7-3-4-8-19(17)24-21-15(9-10-18(20)21)12-16-6-5-11-26-16/h3-8,11-12,14H,9-10,13H2,1-2H3,(H,23,25). The van der Waals surface area contributed by atoms with E-state index in [1.165, 1.54) is 0 Å². The Hall–Kier alpha value is -2.88. The Labute approximate surface area is 152 Å². The number of amides is 1. The van der Waals surface area contributed by atoms with E-state index in [0.29, 0.717) is 12.5 Å². The predicted octanol–water partition coefficient (Wildman–Crippen LogP) is 4.70. The molecule has 1 aliphatic carbocycles.